The van der Waals surface area contributed by atoms with Gasteiger partial charge in [-0.05, 0) is 30.5 Å². The zero-order valence-electron chi connectivity index (χ0n) is 8.13. The molecule has 12 heavy (non-hydrogen) atoms. The van der Waals surface area contributed by atoms with Gasteiger partial charge in [-0.1, -0.05) is 13.8 Å². The summed E-state index contributed by atoms with van der Waals surface area (Å²) in [5.41, 5.74) is 0. The van der Waals surface area contributed by atoms with Gasteiger partial charge in [-0.25, -0.2) is 0 Å². The molecule has 0 aromatic rings. The lowest BCUT2D eigenvalue weighted by atomic mass is 9.92. The van der Waals surface area contributed by atoms with Crippen molar-refractivity contribution >= 4 is 17.3 Å². The molecule has 1 aliphatic rings. The first-order valence-corrected chi connectivity index (χ1v) is 5.01. The van der Waals surface area contributed by atoms with Gasteiger partial charge in [0.15, 0.2) is 5.11 Å². The van der Waals surface area contributed by atoms with E-state index in [1.165, 1.54) is 6.42 Å². The second-order valence-electron chi connectivity index (χ2n) is 3.91. The van der Waals surface area contributed by atoms with Crippen LogP contribution in [-0.2, 0) is 0 Å². The number of nitrogens with one attached hydrogen (secondary N) is 1. The van der Waals surface area contributed by atoms with Crippen molar-refractivity contribution in [1.82, 2.24) is 10.2 Å². The fourth-order valence-corrected chi connectivity index (χ4v) is 2.14. The quantitative estimate of drug-likeness (QED) is 0.577. The first kappa shape index (κ1) is 9.78. The van der Waals surface area contributed by atoms with Gasteiger partial charge in [0.25, 0.3) is 0 Å². The summed E-state index contributed by atoms with van der Waals surface area (Å²) in [5.74, 6) is 1.56. The van der Waals surface area contributed by atoms with Crippen LogP contribution >= 0.6 is 12.2 Å². The van der Waals surface area contributed by atoms with E-state index in [0.717, 1.165) is 30.0 Å². The van der Waals surface area contributed by atoms with Crippen LogP contribution in [0.1, 0.15) is 20.3 Å². The van der Waals surface area contributed by atoms with Crippen molar-refractivity contribution in [3.63, 3.8) is 0 Å². The fraction of sp³-hybridized carbons (Fsp3) is 0.889. The highest BCUT2D eigenvalue weighted by molar-refractivity contribution is 7.80. The van der Waals surface area contributed by atoms with Crippen molar-refractivity contribution in [3.05, 3.63) is 0 Å². The van der Waals surface area contributed by atoms with Crippen molar-refractivity contribution in [3.8, 4) is 0 Å². The highest BCUT2D eigenvalue weighted by atomic mass is 32.1. The van der Waals surface area contributed by atoms with Crippen molar-refractivity contribution in [2.24, 2.45) is 11.8 Å². The summed E-state index contributed by atoms with van der Waals surface area (Å²) in [6, 6.07) is 0. The van der Waals surface area contributed by atoms with Crippen LogP contribution < -0.4 is 5.32 Å². The minimum Gasteiger partial charge on any atom is -0.366 e. The number of hydrogen-bond donors (Lipinski definition) is 1. The molecule has 0 unspecified atom stereocenters. The molecule has 0 amide bonds. The molecule has 70 valence electrons. The van der Waals surface area contributed by atoms with E-state index in [1.807, 2.05) is 7.05 Å². The lowest BCUT2D eigenvalue weighted by Crippen LogP contribution is -2.46. The van der Waals surface area contributed by atoms with Crippen molar-refractivity contribution < 1.29 is 0 Å². The zero-order chi connectivity index (χ0) is 9.14. The molecule has 0 saturated carbocycles. The van der Waals surface area contributed by atoms with Gasteiger partial charge < -0.3 is 10.2 Å². The number of likely N-dealkylation sites (tertiary alicyclic amines) is 1. The molecule has 0 aromatic heterocycles. The van der Waals surface area contributed by atoms with Gasteiger partial charge >= 0.3 is 0 Å². The third-order valence-corrected chi connectivity index (χ3v) is 2.83. The zero-order valence-corrected chi connectivity index (χ0v) is 8.95. The average molecular weight is 186 g/mol. The van der Waals surface area contributed by atoms with Crippen molar-refractivity contribution in [1.29, 1.82) is 0 Å². The molecular weight excluding hydrogens is 168 g/mol. The van der Waals surface area contributed by atoms with Gasteiger partial charge in [0, 0.05) is 20.1 Å². The van der Waals surface area contributed by atoms with Gasteiger partial charge in [0.05, 0.1) is 0 Å². The lowest BCUT2D eigenvalue weighted by molar-refractivity contribution is 0.213. The highest BCUT2D eigenvalue weighted by Crippen LogP contribution is 2.20. The molecule has 1 N–H and O–H groups in total. The van der Waals surface area contributed by atoms with E-state index in [1.54, 1.807) is 0 Å². The third-order valence-electron chi connectivity index (χ3n) is 2.37. The standard InChI is InChI=1S/C9H18N2S/c1-7-4-8(2)6-11(5-7)9(12)10-3/h7-8H,4-6H2,1-3H3,(H,10,12)/t7-,8-/m1/s1. The number of piperidine rings is 1. The maximum atomic E-state index is 5.20. The van der Waals surface area contributed by atoms with Gasteiger partial charge in [0.2, 0.25) is 0 Å². The fourth-order valence-electron chi connectivity index (χ4n) is 1.99. The van der Waals surface area contributed by atoms with E-state index in [-0.39, 0.29) is 0 Å². The lowest BCUT2D eigenvalue weighted by Gasteiger charge is -2.36. The summed E-state index contributed by atoms with van der Waals surface area (Å²) in [6.45, 7) is 6.82. The Morgan fingerprint density at radius 2 is 1.83 bits per heavy atom. The summed E-state index contributed by atoms with van der Waals surface area (Å²) in [4.78, 5) is 2.27. The monoisotopic (exact) mass is 186 g/mol. The van der Waals surface area contributed by atoms with Crippen LogP contribution in [0.5, 0.6) is 0 Å². The molecule has 3 heteroatoms. The van der Waals surface area contributed by atoms with Crippen LogP contribution in [0, 0.1) is 11.8 Å². The van der Waals surface area contributed by atoms with Gasteiger partial charge in [0.1, 0.15) is 0 Å². The molecule has 1 saturated heterocycles. The van der Waals surface area contributed by atoms with Gasteiger partial charge in [-0.2, -0.15) is 0 Å². The Balaban J connectivity index is 2.49. The minimum atomic E-state index is 0.778. The molecule has 1 heterocycles. The van der Waals surface area contributed by atoms with E-state index in [4.69, 9.17) is 12.2 Å². The van der Waals surface area contributed by atoms with Crippen molar-refractivity contribution in [2.75, 3.05) is 20.1 Å². The maximum absolute atomic E-state index is 5.20. The molecular formula is C9H18N2S. The average Bonchev–Trinajstić information content (AvgIpc) is 2.01. The smallest absolute Gasteiger partial charge is 0.168 e. The Hall–Kier alpha value is -0.310. The Bertz CT molecular complexity index is 160. The topological polar surface area (TPSA) is 15.3 Å². The minimum absolute atomic E-state index is 0.778. The predicted octanol–water partition coefficient (Wildman–Crippen LogP) is 1.47. The summed E-state index contributed by atoms with van der Waals surface area (Å²) in [6.07, 6.45) is 1.34. The van der Waals surface area contributed by atoms with Crippen LogP contribution in [0.3, 0.4) is 0 Å². The molecule has 2 atom stereocenters. The van der Waals surface area contributed by atoms with Gasteiger partial charge in [-0.15, -0.1) is 0 Å². The summed E-state index contributed by atoms with van der Waals surface area (Å²) >= 11 is 5.20. The van der Waals surface area contributed by atoms with E-state index < -0.39 is 0 Å². The van der Waals surface area contributed by atoms with E-state index in [9.17, 15) is 0 Å². The molecule has 0 aromatic carbocycles. The van der Waals surface area contributed by atoms with Crippen LogP contribution in [0.4, 0.5) is 0 Å². The molecule has 1 fully saturated rings. The molecule has 2 nitrogen and oxygen atoms in total. The predicted molar refractivity (Wildman–Crippen MR) is 56.2 cm³/mol. The Morgan fingerprint density at radius 3 is 2.25 bits per heavy atom. The number of nitrogens with zero attached hydrogens (tertiary/aromatic N) is 1. The third kappa shape index (κ3) is 2.34. The summed E-state index contributed by atoms with van der Waals surface area (Å²) < 4.78 is 0. The Labute approximate surface area is 80.3 Å². The number of thiocarbonyl (C=S) groups is 1. The van der Waals surface area contributed by atoms with Gasteiger partial charge in [-0.3, -0.25) is 0 Å². The normalized spacial score (nSPS) is 30.1. The second kappa shape index (κ2) is 4.08. The molecule has 0 bridgehead atoms. The SMILES string of the molecule is CNC(=S)N1C[C@H](C)C[C@@H](C)C1. The molecule has 0 aliphatic carbocycles. The Morgan fingerprint density at radius 1 is 1.33 bits per heavy atom. The van der Waals surface area contributed by atoms with Crippen LogP contribution in [0.2, 0.25) is 0 Å². The maximum Gasteiger partial charge on any atom is 0.168 e. The van der Waals surface area contributed by atoms with E-state index in [0.29, 0.717) is 0 Å². The Kier molecular flexibility index (Phi) is 3.32. The molecule has 1 aliphatic heterocycles. The number of rotatable bonds is 0. The summed E-state index contributed by atoms with van der Waals surface area (Å²) in [7, 11) is 1.90. The largest absolute Gasteiger partial charge is 0.366 e. The highest BCUT2D eigenvalue weighted by Gasteiger charge is 2.22. The van der Waals surface area contributed by atoms with E-state index >= 15 is 0 Å². The first-order chi connectivity index (χ1) is 5.63. The van der Waals surface area contributed by atoms with Crippen molar-refractivity contribution in [2.45, 2.75) is 20.3 Å². The summed E-state index contributed by atoms with van der Waals surface area (Å²) in [5, 5.41) is 3.93. The second-order valence-corrected chi connectivity index (χ2v) is 4.29. The molecule has 1 rings (SSSR count). The van der Waals surface area contributed by atoms with Crippen LogP contribution in [0.15, 0.2) is 0 Å². The number of hydrogen-bond acceptors (Lipinski definition) is 1. The van der Waals surface area contributed by atoms with E-state index in [2.05, 4.69) is 24.1 Å². The molecule has 0 radical (unpaired) electrons. The first-order valence-electron chi connectivity index (χ1n) is 4.60. The van der Waals surface area contributed by atoms with Crippen LogP contribution in [-0.4, -0.2) is 30.1 Å². The molecule has 0 spiro atoms. The van der Waals surface area contributed by atoms with Crippen LogP contribution in [0.25, 0.3) is 0 Å².